The summed E-state index contributed by atoms with van der Waals surface area (Å²) in [5.74, 6) is 2.37. The monoisotopic (exact) mass is 302 g/mol. The van der Waals surface area contributed by atoms with Crippen LogP contribution in [0.3, 0.4) is 0 Å². The van der Waals surface area contributed by atoms with E-state index in [1.54, 1.807) is 11.8 Å². The normalized spacial score (nSPS) is 35.3. The van der Waals surface area contributed by atoms with Crippen molar-refractivity contribution in [2.45, 2.75) is 66.2 Å². The Morgan fingerprint density at radius 3 is 2.95 bits per heavy atom. The van der Waals surface area contributed by atoms with Crippen LogP contribution >= 0.6 is 0 Å². The number of aromatic nitrogens is 2. The first-order chi connectivity index (χ1) is 10.5. The van der Waals surface area contributed by atoms with Gasteiger partial charge in [0.15, 0.2) is 0 Å². The molecule has 4 atom stereocenters. The van der Waals surface area contributed by atoms with Crippen molar-refractivity contribution in [2.24, 2.45) is 23.2 Å². The second kappa shape index (κ2) is 6.19. The van der Waals surface area contributed by atoms with E-state index in [4.69, 9.17) is 4.74 Å². The zero-order valence-corrected chi connectivity index (χ0v) is 14.5. The smallest absolute Gasteiger partial charge is 0.124 e. The van der Waals surface area contributed by atoms with Crippen LogP contribution in [0, 0.1) is 23.2 Å². The summed E-state index contributed by atoms with van der Waals surface area (Å²) in [5.41, 5.74) is 2.05. The van der Waals surface area contributed by atoms with Crippen LogP contribution in [0.2, 0.25) is 0 Å². The molecule has 3 heteroatoms. The van der Waals surface area contributed by atoms with Gasteiger partial charge in [0.05, 0.1) is 12.4 Å². The van der Waals surface area contributed by atoms with Crippen LogP contribution in [0.15, 0.2) is 30.4 Å². The van der Waals surface area contributed by atoms with Gasteiger partial charge in [-0.15, -0.1) is 0 Å². The topological polar surface area (TPSA) is 27.1 Å². The lowest BCUT2D eigenvalue weighted by molar-refractivity contribution is -0.0349. The number of fused-ring (bicyclic) bond motifs is 1. The van der Waals surface area contributed by atoms with E-state index in [1.165, 1.54) is 19.3 Å². The molecular weight excluding hydrogens is 272 g/mol. The zero-order chi connectivity index (χ0) is 15.7. The SMILES string of the molecule is CC(C)C1C(C)CC=C2CC(OCn3ccnc3)CCC21C. The van der Waals surface area contributed by atoms with E-state index in [0.29, 0.717) is 18.2 Å². The lowest BCUT2D eigenvalue weighted by Crippen LogP contribution is -2.44. The van der Waals surface area contributed by atoms with Crippen molar-refractivity contribution in [3.8, 4) is 0 Å². The standard InChI is InChI=1S/C19H30N2O/c1-14(2)18-15(3)5-6-16-11-17(7-8-19(16,18)4)22-13-21-10-9-20-12-21/h6,9-10,12,14-15,17-18H,5,7-8,11,13H2,1-4H3. The summed E-state index contributed by atoms with van der Waals surface area (Å²) in [6.45, 7) is 10.4. The van der Waals surface area contributed by atoms with Crippen molar-refractivity contribution in [3.05, 3.63) is 30.4 Å². The summed E-state index contributed by atoms with van der Waals surface area (Å²) in [6, 6.07) is 0. The number of hydrogen-bond acceptors (Lipinski definition) is 2. The van der Waals surface area contributed by atoms with Crippen LogP contribution in [0.1, 0.15) is 53.4 Å². The van der Waals surface area contributed by atoms with Crippen LogP contribution in [0.4, 0.5) is 0 Å². The molecule has 122 valence electrons. The van der Waals surface area contributed by atoms with Crippen molar-refractivity contribution in [3.63, 3.8) is 0 Å². The Labute approximate surface area is 134 Å². The molecule has 0 aromatic carbocycles. The third-order valence-corrected chi connectivity index (χ3v) is 5.99. The van der Waals surface area contributed by atoms with Gasteiger partial charge in [-0.3, -0.25) is 0 Å². The molecule has 0 bridgehead atoms. The molecule has 2 aliphatic carbocycles. The van der Waals surface area contributed by atoms with Crippen LogP contribution in [0.5, 0.6) is 0 Å². The van der Waals surface area contributed by atoms with Gasteiger partial charge in [0.1, 0.15) is 6.73 Å². The van der Waals surface area contributed by atoms with E-state index in [-0.39, 0.29) is 0 Å². The maximum atomic E-state index is 6.13. The molecule has 1 aromatic heterocycles. The van der Waals surface area contributed by atoms with Gasteiger partial charge >= 0.3 is 0 Å². The van der Waals surface area contributed by atoms with Gasteiger partial charge < -0.3 is 9.30 Å². The van der Waals surface area contributed by atoms with E-state index in [0.717, 1.165) is 24.2 Å². The summed E-state index contributed by atoms with van der Waals surface area (Å²) in [6.07, 6.45) is 13.3. The molecule has 0 N–H and O–H groups in total. The molecule has 2 aliphatic rings. The first kappa shape index (κ1) is 15.8. The largest absolute Gasteiger partial charge is 0.357 e. The minimum Gasteiger partial charge on any atom is -0.357 e. The van der Waals surface area contributed by atoms with E-state index < -0.39 is 0 Å². The summed E-state index contributed by atoms with van der Waals surface area (Å²) in [7, 11) is 0. The fourth-order valence-corrected chi connectivity index (χ4v) is 5.09. The third kappa shape index (κ3) is 2.88. The first-order valence-electron chi connectivity index (χ1n) is 8.77. The predicted molar refractivity (Wildman–Crippen MR) is 89.3 cm³/mol. The lowest BCUT2D eigenvalue weighted by Gasteiger charge is -2.51. The number of allylic oxidation sites excluding steroid dienone is 1. The van der Waals surface area contributed by atoms with Crippen molar-refractivity contribution in [2.75, 3.05) is 0 Å². The number of ether oxygens (including phenoxy) is 1. The van der Waals surface area contributed by atoms with Gasteiger partial charge in [0.2, 0.25) is 0 Å². The Kier molecular flexibility index (Phi) is 4.44. The average molecular weight is 302 g/mol. The molecule has 0 aliphatic heterocycles. The highest BCUT2D eigenvalue weighted by molar-refractivity contribution is 5.23. The number of imidazole rings is 1. The van der Waals surface area contributed by atoms with Crippen molar-refractivity contribution in [1.29, 1.82) is 0 Å². The molecule has 0 spiro atoms. The molecule has 22 heavy (non-hydrogen) atoms. The highest BCUT2D eigenvalue weighted by Crippen LogP contribution is 2.55. The fraction of sp³-hybridized carbons (Fsp3) is 0.737. The molecule has 0 saturated heterocycles. The molecule has 1 heterocycles. The molecule has 1 fully saturated rings. The third-order valence-electron chi connectivity index (χ3n) is 5.99. The predicted octanol–water partition coefficient (Wildman–Crippen LogP) is 4.65. The molecule has 0 amide bonds. The van der Waals surface area contributed by atoms with Gasteiger partial charge in [-0.25, -0.2) is 4.98 Å². The lowest BCUT2D eigenvalue weighted by atomic mass is 9.54. The molecule has 1 saturated carbocycles. The summed E-state index contributed by atoms with van der Waals surface area (Å²) in [4.78, 5) is 4.07. The summed E-state index contributed by atoms with van der Waals surface area (Å²) < 4.78 is 8.13. The first-order valence-corrected chi connectivity index (χ1v) is 8.77. The minimum atomic E-state index is 0.364. The Balaban J connectivity index is 1.68. The molecular formula is C19H30N2O. The Morgan fingerprint density at radius 2 is 2.27 bits per heavy atom. The maximum Gasteiger partial charge on any atom is 0.124 e. The van der Waals surface area contributed by atoms with E-state index in [9.17, 15) is 0 Å². The molecule has 1 aromatic rings. The maximum absolute atomic E-state index is 6.13. The summed E-state index contributed by atoms with van der Waals surface area (Å²) in [5, 5.41) is 0. The van der Waals surface area contributed by atoms with Crippen LogP contribution in [-0.4, -0.2) is 15.7 Å². The van der Waals surface area contributed by atoms with Gasteiger partial charge in [-0.2, -0.15) is 0 Å². The van der Waals surface area contributed by atoms with Crippen LogP contribution in [-0.2, 0) is 11.5 Å². The quantitative estimate of drug-likeness (QED) is 0.757. The molecule has 0 radical (unpaired) electrons. The number of nitrogens with zero attached hydrogens (tertiary/aromatic N) is 2. The van der Waals surface area contributed by atoms with E-state index >= 15 is 0 Å². The van der Waals surface area contributed by atoms with E-state index in [1.807, 2.05) is 17.1 Å². The fourth-order valence-electron chi connectivity index (χ4n) is 5.09. The van der Waals surface area contributed by atoms with Crippen LogP contribution in [0.25, 0.3) is 0 Å². The Morgan fingerprint density at radius 1 is 1.45 bits per heavy atom. The second-order valence-electron chi connectivity index (χ2n) is 7.87. The molecule has 4 unspecified atom stereocenters. The van der Waals surface area contributed by atoms with Crippen molar-refractivity contribution < 1.29 is 4.74 Å². The van der Waals surface area contributed by atoms with Crippen LogP contribution < -0.4 is 0 Å². The Hall–Kier alpha value is -1.09. The van der Waals surface area contributed by atoms with Gasteiger partial charge in [-0.05, 0) is 48.9 Å². The van der Waals surface area contributed by atoms with Gasteiger partial charge in [0, 0.05) is 12.4 Å². The van der Waals surface area contributed by atoms with E-state index in [2.05, 4.69) is 38.8 Å². The highest BCUT2D eigenvalue weighted by atomic mass is 16.5. The number of rotatable bonds is 4. The summed E-state index contributed by atoms with van der Waals surface area (Å²) >= 11 is 0. The minimum absolute atomic E-state index is 0.364. The molecule has 3 rings (SSSR count). The molecule has 3 nitrogen and oxygen atoms in total. The number of hydrogen-bond donors (Lipinski definition) is 0. The highest BCUT2D eigenvalue weighted by Gasteiger charge is 2.46. The zero-order valence-electron chi connectivity index (χ0n) is 14.5. The van der Waals surface area contributed by atoms with Crippen molar-refractivity contribution >= 4 is 0 Å². The second-order valence-corrected chi connectivity index (χ2v) is 7.87. The Bertz CT molecular complexity index is 520. The van der Waals surface area contributed by atoms with Gasteiger partial charge in [-0.1, -0.05) is 39.3 Å². The van der Waals surface area contributed by atoms with Gasteiger partial charge in [0.25, 0.3) is 0 Å². The van der Waals surface area contributed by atoms with Crippen molar-refractivity contribution in [1.82, 2.24) is 9.55 Å². The average Bonchev–Trinajstić information content (AvgIpc) is 2.97.